The molecule has 2 aromatic carbocycles. The second-order valence-corrected chi connectivity index (χ2v) is 8.58. The Morgan fingerprint density at radius 3 is 2.85 bits per heavy atom. The molecule has 0 unspecified atom stereocenters. The van der Waals surface area contributed by atoms with E-state index in [-0.39, 0.29) is 17.6 Å². The van der Waals surface area contributed by atoms with Crippen LogP contribution in [0, 0.1) is 11.7 Å². The van der Waals surface area contributed by atoms with Crippen LogP contribution in [0.3, 0.4) is 0 Å². The lowest BCUT2D eigenvalue weighted by atomic mass is 9.87. The van der Waals surface area contributed by atoms with Crippen LogP contribution in [-0.4, -0.2) is 65.1 Å². The van der Waals surface area contributed by atoms with E-state index in [0.29, 0.717) is 45.8 Å². The summed E-state index contributed by atoms with van der Waals surface area (Å²) in [6.07, 6.45) is 0.548. The van der Waals surface area contributed by atoms with E-state index in [0.717, 1.165) is 22.4 Å². The summed E-state index contributed by atoms with van der Waals surface area (Å²) in [5.74, 6) is -0.623. The van der Waals surface area contributed by atoms with Crippen molar-refractivity contribution >= 4 is 22.8 Å². The van der Waals surface area contributed by atoms with Crippen LogP contribution in [0.5, 0.6) is 0 Å². The minimum Gasteiger partial charge on any atom is -0.361 e. The zero-order valence-electron chi connectivity index (χ0n) is 18.1. The Bertz CT molecular complexity index is 1130. The number of hydrogen-bond donors (Lipinski definition) is 3. The lowest BCUT2D eigenvalue weighted by molar-refractivity contribution is -0.163. The number of rotatable bonds is 6. The zero-order chi connectivity index (χ0) is 22.8. The van der Waals surface area contributed by atoms with Gasteiger partial charge in [0.05, 0.1) is 23.6 Å². The maximum atomic E-state index is 13.3. The number of nitrogens with zero attached hydrogens (tertiary/aromatic N) is 2. The number of para-hydroxylation sites is 2. The van der Waals surface area contributed by atoms with Crippen LogP contribution in [0.1, 0.15) is 11.4 Å². The van der Waals surface area contributed by atoms with E-state index in [2.05, 4.69) is 20.6 Å². The van der Waals surface area contributed by atoms with Gasteiger partial charge in [-0.05, 0) is 29.8 Å². The monoisotopic (exact) mass is 451 g/mol. The van der Waals surface area contributed by atoms with E-state index in [9.17, 15) is 14.0 Å². The number of benzene rings is 2. The lowest BCUT2D eigenvalue weighted by Crippen LogP contribution is -2.62. The van der Waals surface area contributed by atoms with Gasteiger partial charge in [0, 0.05) is 39.1 Å². The van der Waals surface area contributed by atoms with Crippen molar-refractivity contribution in [2.24, 2.45) is 5.92 Å². The maximum Gasteiger partial charge on any atom is 0.254 e. The van der Waals surface area contributed by atoms with Crippen molar-refractivity contribution in [3.8, 4) is 0 Å². The second kappa shape index (κ2) is 8.92. The Morgan fingerprint density at radius 2 is 2.06 bits per heavy atom. The molecule has 8 nitrogen and oxygen atoms in total. The number of carbonyl (C=O) groups is 2. The number of hydrogen-bond acceptors (Lipinski definition) is 5. The molecular formula is C24H26FN5O3. The van der Waals surface area contributed by atoms with Crippen molar-refractivity contribution in [3.63, 3.8) is 0 Å². The Kier molecular flexibility index (Phi) is 5.82. The predicted octanol–water partition coefficient (Wildman–Crippen LogP) is 1.38. The summed E-state index contributed by atoms with van der Waals surface area (Å²) >= 11 is 0. The molecule has 2 aliphatic rings. The number of halogens is 1. The number of ether oxygens (including phenoxy) is 1. The molecule has 3 aromatic rings. The molecule has 1 aromatic heterocycles. The number of fused-ring (bicyclic) bond motifs is 1. The fraction of sp³-hybridized carbons (Fsp3) is 0.375. The van der Waals surface area contributed by atoms with Crippen molar-refractivity contribution in [2.45, 2.75) is 18.6 Å². The van der Waals surface area contributed by atoms with Crippen LogP contribution in [0.15, 0.2) is 48.5 Å². The van der Waals surface area contributed by atoms with E-state index in [1.54, 1.807) is 12.1 Å². The first-order valence-electron chi connectivity index (χ1n) is 11.1. The average molecular weight is 452 g/mol. The SMILES string of the molecule is O=C(NCCc1nc2ccccc2[nH]1)[C@H]1CN(Cc2ccc(F)cc2)C[C@@]12OCCNC2=O. The van der Waals surface area contributed by atoms with Gasteiger partial charge in [-0.25, -0.2) is 9.37 Å². The first-order chi connectivity index (χ1) is 16.0. The molecule has 1 spiro atoms. The summed E-state index contributed by atoms with van der Waals surface area (Å²) < 4.78 is 19.2. The number of nitrogens with one attached hydrogen (secondary N) is 3. The number of carbonyl (C=O) groups excluding carboxylic acids is 2. The summed E-state index contributed by atoms with van der Waals surface area (Å²) in [7, 11) is 0. The second-order valence-electron chi connectivity index (χ2n) is 8.58. The smallest absolute Gasteiger partial charge is 0.254 e. The Morgan fingerprint density at radius 1 is 1.24 bits per heavy atom. The number of amides is 2. The molecule has 0 aliphatic carbocycles. The highest BCUT2D eigenvalue weighted by atomic mass is 19.1. The molecule has 0 bridgehead atoms. The molecule has 5 rings (SSSR count). The van der Waals surface area contributed by atoms with E-state index in [1.807, 2.05) is 29.2 Å². The zero-order valence-corrected chi connectivity index (χ0v) is 18.1. The molecule has 172 valence electrons. The minimum atomic E-state index is -1.22. The number of likely N-dealkylation sites (tertiary alicyclic amines) is 1. The first kappa shape index (κ1) is 21.5. The molecule has 0 radical (unpaired) electrons. The third-order valence-electron chi connectivity index (χ3n) is 6.33. The van der Waals surface area contributed by atoms with Crippen LogP contribution in [0.25, 0.3) is 11.0 Å². The topological polar surface area (TPSA) is 99.3 Å². The maximum absolute atomic E-state index is 13.3. The number of aromatic nitrogens is 2. The summed E-state index contributed by atoms with van der Waals surface area (Å²) in [5, 5.41) is 5.82. The van der Waals surface area contributed by atoms with E-state index >= 15 is 0 Å². The van der Waals surface area contributed by atoms with Crippen molar-refractivity contribution in [1.29, 1.82) is 0 Å². The highest BCUT2D eigenvalue weighted by Gasteiger charge is 2.57. The molecule has 2 amide bonds. The van der Waals surface area contributed by atoms with Crippen molar-refractivity contribution in [2.75, 3.05) is 32.8 Å². The molecule has 2 fully saturated rings. The molecule has 2 atom stereocenters. The number of aromatic amines is 1. The lowest BCUT2D eigenvalue weighted by Gasteiger charge is -2.36. The van der Waals surface area contributed by atoms with Crippen molar-refractivity contribution in [1.82, 2.24) is 25.5 Å². The van der Waals surface area contributed by atoms with Gasteiger partial charge in [-0.2, -0.15) is 0 Å². The van der Waals surface area contributed by atoms with Gasteiger partial charge in [0.25, 0.3) is 5.91 Å². The number of imidazole rings is 1. The van der Waals surface area contributed by atoms with Gasteiger partial charge in [0.15, 0.2) is 5.60 Å². The Balaban J connectivity index is 1.26. The van der Waals surface area contributed by atoms with Crippen LogP contribution in [0.2, 0.25) is 0 Å². The van der Waals surface area contributed by atoms with Crippen LogP contribution >= 0.6 is 0 Å². The van der Waals surface area contributed by atoms with Gasteiger partial charge < -0.3 is 20.4 Å². The van der Waals surface area contributed by atoms with E-state index in [1.165, 1.54) is 12.1 Å². The van der Waals surface area contributed by atoms with Gasteiger partial charge >= 0.3 is 0 Å². The van der Waals surface area contributed by atoms with E-state index < -0.39 is 11.5 Å². The standard InChI is InChI=1S/C24H26FN5O3/c25-17-7-5-16(6-8-17)13-30-14-18(24(15-30)23(32)27-11-12-33-24)22(31)26-10-9-21-28-19-3-1-2-4-20(19)29-21/h1-8,18H,9-15H2,(H,26,31)(H,27,32)(H,28,29)/t18-,24-/m1/s1. The summed E-state index contributed by atoms with van der Waals surface area (Å²) in [6.45, 7) is 2.36. The quantitative estimate of drug-likeness (QED) is 0.526. The van der Waals surface area contributed by atoms with Crippen LogP contribution < -0.4 is 10.6 Å². The number of H-pyrrole nitrogens is 1. The highest BCUT2D eigenvalue weighted by molar-refractivity contribution is 5.94. The largest absolute Gasteiger partial charge is 0.361 e. The van der Waals surface area contributed by atoms with Gasteiger partial charge in [0.2, 0.25) is 5.91 Å². The molecule has 33 heavy (non-hydrogen) atoms. The average Bonchev–Trinajstić information content (AvgIpc) is 3.39. The van der Waals surface area contributed by atoms with Gasteiger partial charge in [-0.1, -0.05) is 24.3 Å². The highest BCUT2D eigenvalue weighted by Crippen LogP contribution is 2.34. The molecule has 2 aliphatic heterocycles. The van der Waals surface area contributed by atoms with Gasteiger partial charge in [0.1, 0.15) is 11.6 Å². The van der Waals surface area contributed by atoms with E-state index in [4.69, 9.17) is 4.74 Å². The first-order valence-corrected chi connectivity index (χ1v) is 11.1. The third-order valence-corrected chi connectivity index (χ3v) is 6.33. The summed E-state index contributed by atoms with van der Waals surface area (Å²) in [6, 6.07) is 14.0. The number of morpholine rings is 1. The molecule has 0 saturated carbocycles. The summed E-state index contributed by atoms with van der Waals surface area (Å²) in [5.41, 5.74) is 1.53. The Hall–Kier alpha value is -3.30. The molecular weight excluding hydrogens is 425 g/mol. The third kappa shape index (κ3) is 4.34. The Labute approximate surface area is 190 Å². The predicted molar refractivity (Wildman–Crippen MR) is 120 cm³/mol. The van der Waals surface area contributed by atoms with Crippen molar-refractivity contribution in [3.05, 3.63) is 65.7 Å². The normalized spacial score (nSPS) is 23.2. The molecule has 9 heteroatoms. The molecule has 3 N–H and O–H groups in total. The summed E-state index contributed by atoms with van der Waals surface area (Å²) in [4.78, 5) is 35.9. The van der Waals surface area contributed by atoms with Crippen molar-refractivity contribution < 1.29 is 18.7 Å². The fourth-order valence-corrected chi connectivity index (χ4v) is 4.72. The van der Waals surface area contributed by atoms with Gasteiger partial charge in [-0.15, -0.1) is 0 Å². The molecule has 3 heterocycles. The van der Waals surface area contributed by atoms with Gasteiger partial charge in [-0.3, -0.25) is 14.5 Å². The van der Waals surface area contributed by atoms with Crippen LogP contribution in [0.4, 0.5) is 4.39 Å². The fourth-order valence-electron chi connectivity index (χ4n) is 4.72. The van der Waals surface area contributed by atoms with Crippen LogP contribution in [-0.2, 0) is 27.3 Å². The minimum absolute atomic E-state index is 0.218. The molecule has 2 saturated heterocycles.